The maximum atomic E-state index is 6.56. The Morgan fingerprint density at radius 2 is 0.788 bits per heavy atom. The molecule has 4 nitrogen and oxygen atoms in total. The van der Waals surface area contributed by atoms with E-state index in [0.717, 1.165) is 6.42 Å². The first-order valence-corrected chi connectivity index (χ1v) is 12.1. The quantitative estimate of drug-likeness (QED) is 0.493. The van der Waals surface area contributed by atoms with Crippen LogP contribution in [0.2, 0.25) is 0 Å². The molecule has 2 heterocycles. The summed E-state index contributed by atoms with van der Waals surface area (Å²) in [5.41, 5.74) is 0.838. The van der Waals surface area contributed by atoms with E-state index in [4.69, 9.17) is 18.6 Å². The van der Waals surface area contributed by atoms with E-state index in [1.165, 1.54) is 11.1 Å². The Morgan fingerprint density at radius 3 is 1.06 bits per heavy atom. The van der Waals surface area contributed by atoms with E-state index in [2.05, 4.69) is 104 Å². The van der Waals surface area contributed by atoms with E-state index < -0.39 is 22.4 Å². The molecule has 0 radical (unpaired) electrons. The van der Waals surface area contributed by atoms with Gasteiger partial charge < -0.3 is 18.6 Å². The van der Waals surface area contributed by atoms with Crippen LogP contribution in [0.3, 0.4) is 0 Å². The van der Waals surface area contributed by atoms with Gasteiger partial charge in [-0.25, -0.2) is 0 Å². The zero-order chi connectivity index (χ0) is 24.1. The van der Waals surface area contributed by atoms with Crippen LogP contribution in [-0.4, -0.2) is 36.6 Å². The summed E-state index contributed by atoms with van der Waals surface area (Å²) in [6, 6.07) is 21.1. The molecule has 176 valence electrons. The van der Waals surface area contributed by atoms with Crippen molar-refractivity contribution >= 4 is 14.2 Å². The predicted octanol–water partition coefficient (Wildman–Crippen LogP) is 6.21. The average molecular weight is 448 g/mol. The first-order chi connectivity index (χ1) is 15.3. The molecule has 2 aliphatic rings. The molecule has 6 heteroatoms. The van der Waals surface area contributed by atoms with Crippen LogP contribution in [0.5, 0.6) is 0 Å². The van der Waals surface area contributed by atoms with E-state index in [9.17, 15) is 0 Å². The van der Waals surface area contributed by atoms with Gasteiger partial charge in [-0.15, -0.1) is 0 Å². The second kappa shape index (κ2) is 8.57. The Kier molecular flexibility index (Phi) is 6.37. The Morgan fingerprint density at radius 1 is 0.515 bits per heavy atom. The molecule has 2 aromatic carbocycles. The Labute approximate surface area is 200 Å². The summed E-state index contributed by atoms with van der Waals surface area (Å²) in [7, 11) is -0.711. The maximum Gasteiger partial charge on any atom is 0.465 e. The van der Waals surface area contributed by atoms with Crippen LogP contribution in [0.25, 0.3) is 0 Å². The fourth-order valence-corrected chi connectivity index (χ4v) is 4.59. The lowest BCUT2D eigenvalue weighted by atomic mass is 9.56. The molecule has 4 rings (SSSR count). The lowest BCUT2D eigenvalue weighted by Gasteiger charge is -2.32. The first kappa shape index (κ1) is 24.5. The molecule has 2 fully saturated rings. The van der Waals surface area contributed by atoms with Gasteiger partial charge in [0, 0.05) is 11.6 Å². The summed E-state index contributed by atoms with van der Waals surface area (Å²) in [6.07, 6.45) is 0.779. The van der Waals surface area contributed by atoms with Gasteiger partial charge in [0.25, 0.3) is 0 Å². The smallest absolute Gasteiger partial charge is 0.403 e. The molecular formula is C27H38B2O4. The molecular weight excluding hydrogens is 410 g/mol. The highest BCUT2D eigenvalue weighted by Gasteiger charge is 2.57. The van der Waals surface area contributed by atoms with Crippen molar-refractivity contribution in [1.82, 2.24) is 0 Å². The summed E-state index contributed by atoms with van der Waals surface area (Å²) in [6.45, 7) is 16.9. The summed E-state index contributed by atoms with van der Waals surface area (Å²) >= 11 is 0. The van der Waals surface area contributed by atoms with Crippen LogP contribution < -0.4 is 0 Å². The molecule has 0 aromatic heterocycles. The lowest BCUT2D eigenvalue weighted by molar-refractivity contribution is 0.00578. The van der Waals surface area contributed by atoms with Gasteiger partial charge >= 0.3 is 14.2 Å². The van der Waals surface area contributed by atoms with E-state index in [-0.39, 0.29) is 25.9 Å². The third-order valence-corrected chi connectivity index (χ3v) is 8.16. The lowest BCUT2D eigenvalue weighted by Crippen LogP contribution is -2.41. The zero-order valence-electron chi connectivity index (χ0n) is 21.4. The van der Waals surface area contributed by atoms with Crippen LogP contribution in [0, 0.1) is 0 Å². The second-order valence-corrected chi connectivity index (χ2v) is 11.5. The molecule has 2 saturated heterocycles. The molecule has 0 spiro atoms. The summed E-state index contributed by atoms with van der Waals surface area (Å²) < 4.78 is 26.2. The van der Waals surface area contributed by atoms with E-state index in [0.29, 0.717) is 0 Å². The molecule has 0 N–H and O–H groups in total. The Balaban J connectivity index is 1.71. The van der Waals surface area contributed by atoms with Gasteiger partial charge in [0.05, 0.1) is 22.4 Å². The van der Waals surface area contributed by atoms with Gasteiger partial charge in [-0.1, -0.05) is 60.7 Å². The minimum absolute atomic E-state index is 0.0245. The highest BCUT2D eigenvalue weighted by Crippen LogP contribution is 2.47. The van der Waals surface area contributed by atoms with Crippen LogP contribution in [0.4, 0.5) is 0 Å². The van der Waals surface area contributed by atoms with Crippen molar-refractivity contribution in [3.05, 3.63) is 71.8 Å². The third-order valence-electron chi connectivity index (χ3n) is 8.16. The largest absolute Gasteiger partial charge is 0.465 e. The molecule has 2 aromatic rings. The van der Waals surface area contributed by atoms with Gasteiger partial charge in [0.15, 0.2) is 0 Å². The third kappa shape index (κ3) is 4.68. The SMILES string of the molecule is CC1(C)OB([C@@H](C[C@H](B2OC(C)(C)C(C)(C)O2)c2ccccc2)c2ccccc2)OC1(C)C. The monoisotopic (exact) mass is 448 g/mol. The van der Waals surface area contributed by atoms with Crippen molar-refractivity contribution < 1.29 is 18.6 Å². The van der Waals surface area contributed by atoms with Crippen molar-refractivity contribution in [3.8, 4) is 0 Å². The van der Waals surface area contributed by atoms with Crippen LogP contribution in [0.1, 0.15) is 84.6 Å². The second-order valence-electron chi connectivity index (χ2n) is 11.5. The molecule has 33 heavy (non-hydrogen) atoms. The fraction of sp³-hybridized carbons (Fsp3) is 0.556. The van der Waals surface area contributed by atoms with Crippen molar-refractivity contribution in [3.63, 3.8) is 0 Å². The number of hydrogen-bond acceptors (Lipinski definition) is 4. The summed E-state index contributed by atoms with van der Waals surface area (Å²) in [4.78, 5) is 0. The van der Waals surface area contributed by atoms with E-state index >= 15 is 0 Å². The summed E-state index contributed by atoms with van der Waals surface area (Å²) in [5, 5.41) is 0. The minimum Gasteiger partial charge on any atom is -0.403 e. The van der Waals surface area contributed by atoms with Gasteiger partial charge in [-0.05, 0) is 72.9 Å². The zero-order valence-corrected chi connectivity index (χ0v) is 21.4. The van der Waals surface area contributed by atoms with Crippen molar-refractivity contribution in [2.24, 2.45) is 0 Å². The molecule has 0 unspecified atom stereocenters. The predicted molar refractivity (Wildman–Crippen MR) is 135 cm³/mol. The maximum absolute atomic E-state index is 6.56. The van der Waals surface area contributed by atoms with E-state index in [1.54, 1.807) is 0 Å². The minimum atomic E-state index is -0.392. The standard InChI is InChI=1S/C27H38B2O4/c1-24(2)25(3,4)31-28(30-24)22(20-15-11-9-12-16-20)19-23(21-17-13-10-14-18-21)29-32-26(5,6)27(7,8)33-29/h9-18,22-23H,19H2,1-8H3/t22-,23-/m0/s1. The molecule has 0 aliphatic carbocycles. The number of benzene rings is 2. The molecule has 0 bridgehead atoms. The Hall–Kier alpha value is -1.59. The first-order valence-electron chi connectivity index (χ1n) is 12.1. The van der Waals surface area contributed by atoms with Crippen LogP contribution in [-0.2, 0) is 18.6 Å². The summed E-state index contributed by atoms with van der Waals surface area (Å²) in [5.74, 6) is 0.0490. The number of hydrogen-bond donors (Lipinski definition) is 0. The average Bonchev–Trinajstić information content (AvgIpc) is 3.09. The molecule has 2 aliphatic heterocycles. The van der Waals surface area contributed by atoms with E-state index in [1.807, 2.05) is 12.1 Å². The van der Waals surface area contributed by atoms with Crippen LogP contribution >= 0.6 is 0 Å². The van der Waals surface area contributed by atoms with Gasteiger partial charge in [0.1, 0.15) is 0 Å². The molecule has 0 amide bonds. The van der Waals surface area contributed by atoms with Gasteiger partial charge in [-0.3, -0.25) is 0 Å². The normalized spacial score (nSPS) is 24.6. The molecule has 0 saturated carbocycles. The van der Waals surface area contributed by atoms with Gasteiger partial charge in [-0.2, -0.15) is 0 Å². The topological polar surface area (TPSA) is 36.9 Å². The Bertz CT molecular complexity index is 834. The number of rotatable bonds is 6. The highest BCUT2D eigenvalue weighted by molar-refractivity contribution is 6.50. The molecule has 2 atom stereocenters. The van der Waals surface area contributed by atoms with Crippen molar-refractivity contribution in [1.29, 1.82) is 0 Å². The highest BCUT2D eigenvalue weighted by atomic mass is 16.7. The van der Waals surface area contributed by atoms with Crippen LogP contribution in [0.15, 0.2) is 60.7 Å². The van der Waals surface area contributed by atoms with Crippen molar-refractivity contribution in [2.45, 2.75) is 95.8 Å². The van der Waals surface area contributed by atoms with Gasteiger partial charge in [0.2, 0.25) is 0 Å². The fourth-order valence-electron chi connectivity index (χ4n) is 4.59. The van der Waals surface area contributed by atoms with Crippen molar-refractivity contribution in [2.75, 3.05) is 0 Å².